The van der Waals surface area contributed by atoms with E-state index in [0.29, 0.717) is 0 Å². The smallest absolute Gasteiger partial charge is 0.259 e. The van der Waals surface area contributed by atoms with Crippen LogP contribution in [0.4, 0.5) is 13.2 Å². The maximum Gasteiger partial charge on any atom is 0.259 e. The molecule has 3 rings (SSSR count). The topological polar surface area (TPSA) is 79.2 Å². The monoisotopic (exact) mass is 410 g/mol. The zero-order chi connectivity index (χ0) is 20.7. The van der Waals surface area contributed by atoms with Gasteiger partial charge in [0.15, 0.2) is 0 Å². The minimum atomic E-state index is -3.97. The second-order valence-electron chi connectivity index (χ2n) is 6.45. The van der Waals surface area contributed by atoms with E-state index in [4.69, 9.17) is 10.00 Å². The van der Waals surface area contributed by atoms with E-state index in [9.17, 15) is 21.6 Å². The van der Waals surface area contributed by atoms with Crippen LogP contribution >= 0.6 is 0 Å². The average molecular weight is 410 g/mol. The predicted molar refractivity (Wildman–Crippen MR) is 95.6 cm³/mol. The molecule has 148 valence electrons. The normalized spacial score (nSPS) is 17.8. The van der Waals surface area contributed by atoms with Gasteiger partial charge < -0.3 is 4.74 Å². The molecule has 9 heteroatoms. The van der Waals surface area contributed by atoms with Crippen LogP contribution in [0.2, 0.25) is 0 Å². The number of hydrogen-bond acceptors (Lipinski definition) is 4. The highest BCUT2D eigenvalue weighted by molar-refractivity contribution is 7.89. The second-order valence-corrected chi connectivity index (χ2v) is 8.30. The molecule has 2 aromatic carbocycles. The summed E-state index contributed by atoms with van der Waals surface area (Å²) >= 11 is 0. The first-order chi connectivity index (χ1) is 13.1. The molecule has 28 heavy (non-hydrogen) atoms. The summed E-state index contributed by atoms with van der Waals surface area (Å²) in [6, 6.07) is 7.57. The van der Waals surface area contributed by atoms with Crippen molar-refractivity contribution in [2.75, 3.05) is 7.05 Å². The first-order valence-electron chi connectivity index (χ1n) is 8.48. The van der Waals surface area contributed by atoms with Crippen LogP contribution in [-0.4, -0.2) is 21.4 Å². The van der Waals surface area contributed by atoms with E-state index in [1.165, 1.54) is 25.2 Å². The number of nitriles is 1. The van der Waals surface area contributed by atoms with Gasteiger partial charge in [-0.2, -0.15) is 5.26 Å². The lowest BCUT2D eigenvalue weighted by Gasteiger charge is -2.20. The Morgan fingerprint density at radius 2 is 2.04 bits per heavy atom. The lowest BCUT2D eigenvalue weighted by Crippen LogP contribution is -2.24. The third-order valence-corrected chi connectivity index (χ3v) is 6.21. The lowest BCUT2D eigenvalue weighted by atomic mass is 9.96. The van der Waals surface area contributed by atoms with E-state index in [1.807, 2.05) is 0 Å². The molecule has 2 aromatic rings. The number of halogens is 3. The molecule has 0 fully saturated rings. The molecular weight excluding hydrogens is 393 g/mol. The number of nitrogens with one attached hydrogen (secondary N) is 1. The van der Waals surface area contributed by atoms with Gasteiger partial charge in [0.05, 0.1) is 16.5 Å². The third-order valence-electron chi connectivity index (χ3n) is 4.74. The molecule has 1 unspecified atom stereocenters. The van der Waals surface area contributed by atoms with E-state index >= 15 is 0 Å². The Balaban J connectivity index is 2.18. The first-order valence-corrected chi connectivity index (χ1v) is 9.97. The van der Waals surface area contributed by atoms with Gasteiger partial charge >= 0.3 is 0 Å². The summed E-state index contributed by atoms with van der Waals surface area (Å²) in [6.07, 6.45) is -0.655. The molecule has 0 spiro atoms. The number of nitrogens with zero attached hydrogens (tertiary/aromatic N) is 1. The summed E-state index contributed by atoms with van der Waals surface area (Å²) in [4.78, 5) is -0.224. The quantitative estimate of drug-likeness (QED) is 0.806. The van der Waals surface area contributed by atoms with Crippen molar-refractivity contribution in [3.8, 4) is 17.6 Å². The molecule has 0 heterocycles. The number of rotatable bonds is 5. The third kappa shape index (κ3) is 3.45. The molecule has 0 saturated heterocycles. The van der Waals surface area contributed by atoms with Crippen LogP contribution in [0.5, 0.6) is 11.5 Å². The molecule has 0 bridgehead atoms. The number of sulfonamides is 1. The molecule has 0 aliphatic heterocycles. The van der Waals surface area contributed by atoms with Crippen LogP contribution in [0.1, 0.15) is 36.0 Å². The Labute approximate surface area is 160 Å². The predicted octanol–water partition coefficient (Wildman–Crippen LogP) is 4.08. The number of fused-ring (bicyclic) bond motifs is 1. The van der Waals surface area contributed by atoms with Crippen molar-refractivity contribution in [2.24, 2.45) is 0 Å². The van der Waals surface area contributed by atoms with Gasteiger partial charge in [0.25, 0.3) is 5.92 Å². The maximum atomic E-state index is 14.6. The number of hydrogen-bond donors (Lipinski definition) is 1. The molecule has 1 atom stereocenters. The van der Waals surface area contributed by atoms with Crippen molar-refractivity contribution >= 4 is 10.0 Å². The van der Waals surface area contributed by atoms with Crippen molar-refractivity contribution in [2.45, 2.75) is 36.5 Å². The first kappa shape index (κ1) is 20.2. The molecule has 0 aromatic heterocycles. The summed E-state index contributed by atoms with van der Waals surface area (Å²) in [5, 5.41) is 8.95. The standard InChI is InChI=1S/C19H17F3N2O3S/c1-3-15-18-14(9-19(15,21)22)16(4-5-17(18)28(25,26)24-2)27-13-7-11(10-23)6-12(20)8-13/h4-8,15,24H,3,9H2,1-2H3. The van der Waals surface area contributed by atoms with Crippen LogP contribution in [0.25, 0.3) is 0 Å². The Hall–Kier alpha value is -2.57. The van der Waals surface area contributed by atoms with Gasteiger partial charge in [-0.1, -0.05) is 6.92 Å². The fraction of sp³-hybridized carbons (Fsp3) is 0.316. The van der Waals surface area contributed by atoms with Crippen LogP contribution in [0, 0.1) is 17.1 Å². The lowest BCUT2D eigenvalue weighted by molar-refractivity contribution is -0.0169. The van der Waals surface area contributed by atoms with E-state index in [-0.39, 0.29) is 39.5 Å². The summed E-state index contributed by atoms with van der Waals surface area (Å²) in [5.41, 5.74) is 0.0880. The van der Waals surface area contributed by atoms with Gasteiger partial charge in [-0.05, 0) is 43.3 Å². The summed E-state index contributed by atoms with van der Waals surface area (Å²) in [7, 11) is -2.76. The molecule has 5 nitrogen and oxygen atoms in total. The van der Waals surface area contributed by atoms with Crippen LogP contribution in [-0.2, 0) is 16.4 Å². The van der Waals surface area contributed by atoms with Crippen molar-refractivity contribution < 1.29 is 26.3 Å². The van der Waals surface area contributed by atoms with Gasteiger partial charge in [-0.15, -0.1) is 0 Å². The highest BCUT2D eigenvalue weighted by Gasteiger charge is 2.50. The van der Waals surface area contributed by atoms with Crippen molar-refractivity contribution in [1.29, 1.82) is 5.26 Å². The second kappa shape index (κ2) is 7.11. The Morgan fingerprint density at radius 1 is 1.32 bits per heavy atom. The summed E-state index contributed by atoms with van der Waals surface area (Å²) < 4.78 is 75.3. The van der Waals surface area contributed by atoms with Gasteiger partial charge in [0.1, 0.15) is 17.3 Å². The zero-order valence-electron chi connectivity index (χ0n) is 15.1. The summed E-state index contributed by atoms with van der Waals surface area (Å²) in [5.74, 6) is -5.17. The molecular formula is C19H17F3N2O3S. The Bertz CT molecular complexity index is 1080. The molecule has 0 amide bonds. The zero-order valence-corrected chi connectivity index (χ0v) is 15.9. The Kier molecular flexibility index (Phi) is 5.12. The molecule has 0 radical (unpaired) electrons. The summed E-state index contributed by atoms with van der Waals surface area (Å²) in [6.45, 7) is 1.56. The van der Waals surface area contributed by atoms with Gasteiger partial charge in [-0.25, -0.2) is 26.3 Å². The van der Waals surface area contributed by atoms with Crippen LogP contribution in [0.3, 0.4) is 0 Å². The van der Waals surface area contributed by atoms with Crippen molar-refractivity contribution in [3.63, 3.8) is 0 Å². The highest BCUT2D eigenvalue weighted by Crippen LogP contribution is 2.52. The fourth-order valence-corrected chi connectivity index (χ4v) is 4.54. The van der Waals surface area contributed by atoms with Crippen LogP contribution in [0.15, 0.2) is 35.2 Å². The van der Waals surface area contributed by atoms with Crippen LogP contribution < -0.4 is 9.46 Å². The van der Waals surface area contributed by atoms with E-state index in [0.717, 1.165) is 12.1 Å². The molecule has 1 N–H and O–H groups in total. The fourth-order valence-electron chi connectivity index (χ4n) is 3.51. The average Bonchev–Trinajstić information content (AvgIpc) is 2.91. The van der Waals surface area contributed by atoms with E-state index in [2.05, 4.69) is 4.72 Å². The van der Waals surface area contributed by atoms with Crippen molar-refractivity contribution in [1.82, 2.24) is 4.72 Å². The minimum Gasteiger partial charge on any atom is -0.457 e. The van der Waals surface area contributed by atoms with Gasteiger partial charge in [0, 0.05) is 24.0 Å². The highest BCUT2D eigenvalue weighted by atomic mass is 32.2. The molecule has 1 aliphatic rings. The van der Waals surface area contributed by atoms with E-state index < -0.39 is 34.1 Å². The number of alkyl halides is 2. The SMILES string of the molecule is CCC1c2c(S(=O)(=O)NC)ccc(Oc3cc(F)cc(C#N)c3)c2CC1(F)F. The largest absolute Gasteiger partial charge is 0.457 e. The van der Waals surface area contributed by atoms with Gasteiger partial charge in [-0.3, -0.25) is 0 Å². The maximum absolute atomic E-state index is 14.6. The van der Waals surface area contributed by atoms with E-state index in [1.54, 1.807) is 13.0 Å². The number of ether oxygens (including phenoxy) is 1. The Morgan fingerprint density at radius 3 is 2.64 bits per heavy atom. The molecule has 0 saturated carbocycles. The molecule has 1 aliphatic carbocycles. The van der Waals surface area contributed by atoms with Gasteiger partial charge in [0.2, 0.25) is 10.0 Å². The van der Waals surface area contributed by atoms with Crippen molar-refractivity contribution in [3.05, 3.63) is 52.8 Å². The number of benzene rings is 2. The minimum absolute atomic E-state index is 0.00941.